The normalized spacial score (nSPS) is 10.4. The van der Waals surface area contributed by atoms with Crippen molar-refractivity contribution in [3.05, 3.63) is 12.7 Å². The van der Waals surface area contributed by atoms with Crippen LogP contribution in [0.4, 0.5) is 0 Å². The molecule has 4 nitrogen and oxygen atoms in total. The molecule has 0 bridgehead atoms. The van der Waals surface area contributed by atoms with Gasteiger partial charge in [0, 0.05) is 19.9 Å². The van der Waals surface area contributed by atoms with Crippen molar-refractivity contribution >= 4 is 23.5 Å². The van der Waals surface area contributed by atoms with Gasteiger partial charge in [-0.05, 0) is 0 Å². The summed E-state index contributed by atoms with van der Waals surface area (Å²) in [7, 11) is 0. The molecule has 13 heavy (non-hydrogen) atoms. The summed E-state index contributed by atoms with van der Waals surface area (Å²) in [6, 6.07) is 0. The highest BCUT2D eigenvalue weighted by Gasteiger charge is 2.25. The molecule has 0 aromatic heterocycles. The molecule has 5 heteroatoms. The minimum absolute atomic E-state index is 0.283. The third-order valence-electron chi connectivity index (χ3n) is 0.982. The van der Waals surface area contributed by atoms with Crippen LogP contribution in [0.5, 0.6) is 0 Å². The number of alkyl halides is 1. The second kappa shape index (κ2) is 4.87. The highest BCUT2D eigenvalue weighted by molar-refractivity contribution is 6.26. The number of ether oxygens (including phenoxy) is 2. The predicted molar refractivity (Wildman–Crippen MR) is 47.2 cm³/mol. The third-order valence-corrected chi connectivity index (χ3v) is 1.20. The van der Waals surface area contributed by atoms with Crippen LogP contribution in [0.15, 0.2) is 12.7 Å². The first kappa shape index (κ1) is 12.0. The van der Waals surface area contributed by atoms with E-state index in [2.05, 4.69) is 6.58 Å². The van der Waals surface area contributed by atoms with Crippen LogP contribution in [-0.4, -0.2) is 23.6 Å². The minimum Gasteiger partial charge on any atom is -0.422 e. The molecule has 74 valence electrons. The molecule has 0 saturated heterocycles. The van der Waals surface area contributed by atoms with Gasteiger partial charge in [0.05, 0.1) is 0 Å². The van der Waals surface area contributed by atoms with Gasteiger partial charge < -0.3 is 9.47 Å². The number of halogens is 1. The molecular formula is C8H11ClO4. The maximum absolute atomic E-state index is 10.7. The van der Waals surface area contributed by atoms with Crippen LogP contribution in [0.3, 0.4) is 0 Å². The van der Waals surface area contributed by atoms with Crippen LogP contribution in [0.25, 0.3) is 0 Å². The predicted octanol–water partition coefficient (Wildman–Crippen LogP) is 1.23. The maximum Gasteiger partial charge on any atom is 0.333 e. The Morgan fingerprint density at radius 1 is 1.46 bits per heavy atom. The SMILES string of the molecule is C=CC(=O)OC(C)(C)OC(=O)CCl. The van der Waals surface area contributed by atoms with Crippen LogP contribution in [0.2, 0.25) is 0 Å². The van der Waals surface area contributed by atoms with E-state index in [0.717, 1.165) is 6.08 Å². The molecule has 0 unspecified atom stereocenters. The summed E-state index contributed by atoms with van der Waals surface area (Å²) in [6.07, 6.45) is 0.982. The Morgan fingerprint density at radius 2 is 2.00 bits per heavy atom. The van der Waals surface area contributed by atoms with E-state index in [4.69, 9.17) is 21.1 Å². The second-order valence-electron chi connectivity index (χ2n) is 2.63. The van der Waals surface area contributed by atoms with Crippen molar-refractivity contribution in [2.24, 2.45) is 0 Å². The van der Waals surface area contributed by atoms with Crippen LogP contribution >= 0.6 is 11.6 Å². The summed E-state index contributed by atoms with van der Waals surface area (Å²) in [5.41, 5.74) is 0. The van der Waals surface area contributed by atoms with Crippen molar-refractivity contribution in [2.75, 3.05) is 5.88 Å². The third kappa shape index (κ3) is 5.25. The Balaban J connectivity index is 4.14. The van der Waals surface area contributed by atoms with E-state index in [1.54, 1.807) is 0 Å². The summed E-state index contributed by atoms with van der Waals surface area (Å²) < 4.78 is 9.40. The van der Waals surface area contributed by atoms with Gasteiger partial charge in [-0.2, -0.15) is 0 Å². The molecular weight excluding hydrogens is 196 g/mol. The fourth-order valence-corrected chi connectivity index (χ4v) is 0.661. The average Bonchev–Trinajstić information content (AvgIpc) is 2.02. The molecule has 0 aliphatic heterocycles. The molecule has 0 rings (SSSR count). The van der Waals surface area contributed by atoms with Gasteiger partial charge in [0.2, 0.25) is 0 Å². The van der Waals surface area contributed by atoms with Gasteiger partial charge in [-0.1, -0.05) is 6.58 Å². The summed E-state index contributed by atoms with van der Waals surface area (Å²) in [4.78, 5) is 21.5. The number of esters is 2. The van der Waals surface area contributed by atoms with Crippen molar-refractivity contribution in [1.29, 1.82) is 0 Å². The van der Waals surface area contributed by atoms with E-state index in [1.165, 1.54) is 13.8 Å². The molecule has 0 aromatic carbocycles. The van der Waals surface area contributed by atoms with Gasteiger partial charge in [-0.3, -0.25) is 4.79 Å². The Morgan fingerprint density at radius 3 is 2.38 bits per heavy atom. The molecule has 0 spiro atoms. The Hall–Kier alpha value is -1.03. The first-order valence-electron chi connectivity index (χ1n) is 3.54. The van der Waals surface area contributed by atoms with Crippen LogP contribution in [0, 0.1) is 0 Å². The van der Waals surface area contributed by atoms with E-state index in [-0.39, 0.29) is 5.88 Å². The zero-order valence-electron chi connectivity index (χ0n) is 7.50. The highest BCUT2D eigenvalue weighted by Crippen LogP contribution is 2.12. The summed E-state index contributed by atoms with van der Waals surface area (Å²) in [5, 5.41) is 0. The fourth-order valence-electron chi connectivity index (χ4n) is 0.606. The monoisotopic (exact) mass is 206 g/mol. The lowest BCUT2D eigenvalue weighted by molar-refractivity contribution is -0.210. The quantitative estimate of drug-likeness (QED) is 0.301. The number of carbonyl (C=O) groups excluding carboxylic acids is 2. The van der Waals surface area contributed by atoms with Crippen molar-refractivity contribution in [1.82, 2.24) is 0 Å². The van der Waals surface area contributed by atoms with Gasteiger partial charge in [0.1, 0.15) is 5.88 Å². The van der Waals surface area contributed by atoms with Gasteiger partial charge in [0.15, 0.2) is 0 Å². The lowest BCUT2D eigenvalue weighted by Crippen LogP contribution is -2.33. The number of carbonyl (C=O) groups is 2. The zero-order chi connectivity index (χ0) is 10.5. The van der Waals surface area contributed by atoms with Crippen LogP contribution in [0.1, 0.15) is 13.8 Å². The number of hydrogen-bond donors (Lipinski definition) is 0. The molecule has 0 radical (unpaired) electrons. The van der Waals surface area contributed by atoms with E-state index in [1.807, 2.05) is 0 Å². The van der Waals surface area contributed by atoms with Crippen molar-refractivity contribution in [3.8, 4) is 0 Å². The topological polar surface area (TPSA) is 52.6 Å². The van der Waals surface area contributed by atoms with Crippen LogP contribution < -0.4 is 0 Å². The van der Waals surface area contributed by atoms with Crippen molar-refractivity contribution in [3.63, 3.8) is 0 Å². The Bertz CT molecular complexity index is 222. The molecule has 0 fully saturated rings. The smallest absolute Gasteiger partial charge is 0.333 e. The van der Waals surface area contributed by atoms with Gasteiger partial charge in [0.25, 0.3) is 5.79 Å². The maximum atomic E-state index is 10.7. The molecule has 0 amide bonds. The first-order valence-corrected chi connectivity index (χ1v) is 4.08. The van der Waals surface area contributed by atoms with Gasteiger partial charge >= 0.3 is 11.9 Å². The molecule has 0 saturated carbocycles. The summed E-state index contributed by atoms with van der Waals surface area (Å²) >= 11 is 5.19. The molecule has 0 aliphatic rings. The molecule has 0 heterocycles. The average molecular weight is 207 g/mol. The van der Waals surface area contributed by atoms with Crippen molar-refractivity contribution in [2.45, 2.75) is 19.6 Å². The minimum atomic E-state index is -1.31. The van der Waals surface area contributed by atoms with Gasteiger partial charge in [-0.25, -0.2) is 4.79 Å². The van der Waals surface area contributed by atoms with Crippen LogP contribution in [-0.2, 0) is 19.1 Å². The van der Waals surface area contributed by atoms with Gasteiger partial charge in [-0.15, -0.1) is 11.6 Å². The summed E-state index contributed by atoms with van der Waals surface area (Å²) in [5.74, 6) is -2.90. The lowest BCUT2D eigenvalue weighted by Gasteiger charge is -2.23. The fraction of sp³-hybridized carbons (Fsp3) is 0.500. The molecule has 0 aromatic rings. The Labute approximate surface area is 81.5 Å². The van der Waals surface area contributed by atoms with Crippen molar-refractivity contribution < 1.29 is 19.1 Å². The van der Waals surface area contributed by atoms with E-state index in [9.17, 15) is 9.59 Å². The summed E-state index contributed by atoms with van der Waals surface area (Å²) in [6.45, 7) is 6.06. The zero-order valence-corrected chi connectivity index (χ0v) is 8.26. The largest absolute Gasteiger partial charge is 0.422 e. The van der Waals surface area contributed by atoms with E-state index >= 15 is 0 Å². The molecule has 0 N–H and O–H groups in total. The van der Waals surface area contributed by atoms with E-state index < -0.39 is 17.7 Å². The number of hydrogen-bond acceptors (Lipinski definition) is 4. The first-order chi connectivity index (χ1) is 5.91. The molecule has 0 aliphatic carbocycles. The Kier molecular flexibility index (Phi) is 4.48. The number of rotatable bonds is 4. The lowest BCUT2D eigenvalue weighted by atomic mass is 10.4. The molecule has 0 atom stereocenters. The second-order valence-corrected chi connectivity index (χ2v) is 2.90. The standard InChI is InChI=1S/C8H11ClO4/c1-4-6(10)12-8(2,3)13-7(11)5-9/h4H,1,5H2,2-3H3. The van der Waals surface area contributed by atoms with E-state index in [0.29, 0.717) is 0 Å². The highest BCUT2D eigenvalue weighted by atomic mass is 35.5.